The van der Waals surface area contributed by atoms with Gasteiger partial charge < -0.3 is 5.32 Å². The lowest BCUT2D eigenvalue weighted by Gasteiger charge is -2.07. The topological polar surface area (TPSA) is 55.2 Å². The molecule has 4 nitrogen and oxygen atoms in total. The minimum absolute atomic E-state index is 0.190. The average molecular weight is 210 g/mol. The summed E-state index contributed by atoms with van der Waals surface area (Å²) in [4.78, 5) is 10.1. The minimum Gasteiger partial charge on any atom is -0.377 e. The summed E-state index contributed by atoms with van der Waals surface area (Å²) in [7, 11) is 0. The van der Waals surface area contributed by atoms with Gasteiger partial charge in [-0.3, -0.25) is 10.1 Å². The Hall–Kier alpha value is -1.65. The molecule has 1 aliphatic carbocycles. The molecule has 1 aromatic carbocycles. The number of aryl methyl sites for hydroxylation is 1. The lowest BCUT2D eigenvalue weighted by atomic mass is 10.2. The fraction of sp³-hybridized carbons (Fsp3) is 0.400. The first-order valence-electron chi connectivity index (χ1n) is 4.79. The van der Waals surface area contributed by atoms with Crippen LogP contribution in [0, 0.1) is 22.9 Å². The second-order valence-corrected chi connectivity index (χ2v) is 3.79. The van der Waals surface area contributed by atoms with Crippen molar-refractivity contribution in [1.29, 1.82) is 0 Å². The van der Waals surface area contributed by atoms with Crippen LogP contribution in [0.4, 0.5) is 15.8 Å². The molecule has 1 N–H and O–H groups in total. The van der Waals surface area contributed by atoms with E-state index in [0.717, 1.165) is 18.9 Å². The fourth-order valence-corrected chi connectivity index (χ4v) is 1.39. The Bertz CT molecular complexity index is 416. The molecule has 0 aliphatic heterocycles. The van der Waals surface area contributed by atoms with Crippen molar-refractivity contribution < 1.29 is 9.31 Å². The number of nitrogens with zero attached hydrogens (tertiary/aromatic N) is 1. The van der Waals surface area contributed by atoms with E-state index in [1.165, 1.54) is 6.07 Å². The number of anilines is 1. The molecule has 0 atom stereocenters. The molecule has 0 spiro atoms. The first-order chi connectivity index (χ1) is 7.08. The summed E-state index contributed by atoms with van der Waals surface area (Å²) in [5, 5.41) is 13.7. The van der Waals surface area contributed by atoms with Crippen molar-refractivity contribution in [2.24, 2.45) is 0 Å². The van der Waals surface area contributed by atoms with Gasteiger partial charge in [0, 0.05) is 6.04 Å². The number of hydrogen-bond donors (Lipinski definition) is 1. The SMILES string of the molecule is Cc1cc(NC2CC2)c([N+](=O)[O-])cc1F. The van der Waals surface area contributed by atoms with E-state index in [9.17, 15) is 14.5 Å². The third-order valence-corrected chi connectivity index (χ3v) is 2.41. The van der Waals surface area contributed by atoms with Crippen molar-refractivity contribution in [3.63, 3.8) is 0 Å². The van der Waals surface area contributed by atoms with Gasteiger partial charge in [0.05, 0.1) is 11.0 Å². The molecule has 80 valence electrons. The maximum absolute atomic E-state index is 13.1. The molecule has 1 fully saturated rings. The molecule has 0 saturated heterocycles. The molecule has 0 amide bonds. The zero-order valence-corrected chi connectivity index (χ0v) is 8.29. The van der Waals surface area contributed by atoms with Crippen LogP contribution in [-0.2, 0) is 0 Å². The van der Waals surface area contributed by atoms with Crippen LogP contribution in [0.25, 0.3) is 0 Å². The highest BCUT2D eigenvalue weighted by molar-refractivity contribution is 5.63. The van der Waals surface area contributed by atoms with E-state index < -0.39 is 10.7 Å². The molecule has 0 bridgehead atoms. The normalized spacial score (nSPS) is 15.1. The van der Waals surface area contributed by atoms with Crippen LogP contribution in [0.1, 0.15) is 18.4 Å². The number of halogens is 1. The van der Waals surface area contributed by atoms with Crippen LogP contribution < -0.4 is 5.32 Å². The third-order valence-electron chi connectivity index (χ3n) is 2.41. The Morgan fingerprint density at radius 1 is 1.53 bits per heavy atom. The quantitative estimate of drug-likeness (QED) is 0.616. The number of nitrogens with one attached hydrogen (secondary N) is 1. The van der Waals surface area contributed by atoms with Gasteiger partial charge in [-0.05, 0) is 31.4 Å². The summed E-state index contributed by atoms with van der Waals surface area (Å²) in [6.07, 6.45) is 2.04. The Labute approximate surface area is 86.3 Å². The smallest absolute Gasteiger partial charge is 0.295 e. The highest BCUT2D eigenvalue weighted by Gasteiger charge is 2.25. The van der Waals surface area contributed by atoms with E-state index >= 15 is 0 Å². The second kappa shape index (κ2) is 3.49. The van der Waals surface area contributed by atoms with Gasteiger partial charge in [0.1, 0.15) is 11.5 Å². The van der Waals surface area contributed by atoms with Crippen molar-refractivity contribution in [2.45, 2.75) is 25.8 Å². The van der Waals surface area contributed by atoms with Crippen LogP contribution in [0.3, 0.4) is 0 Å². The molecule has 15 heavy (non-hydrogen) atoms. The Balaban J connectivity index is 2.39. The van der Waals surface area contributed by atoms with Crippen molar-refractivity contribution in [3.05, 3.63) is 33.6 Å². The molecular weight excluding hydrogens is 199 g/mol. The van der Waals surface area contributed by atoms with E-state index in [-0.39, 0.29) is 5.69 Å². The maximum atomic E-state index is 13.1. The Morgan fingerprint density at radius 3 is 2.73 bits per heavy atom. The lowest BCUT2D eigenvalue weighted by Crippen LogP contribution is -2.05. The van der Waals surface area contributed by atoms with E-state index in [2.05, 4.69) is 5.32 Å². The van der Waals surface area contributed by atoms with Gasteiger partial charge >= 0.3 is 0 Å². The van der Waals surface area contributed by atoms with Crippen molar-refractivity contribution in [1.82, 2.24) is 0 Å². The summed E-state index contributed by atoms with van der Waals surface area (Å²) < 4.78 is 13.1. The largest absolute Gasteiger partial charge is 0.377 e. The second-order valence-electron chi connectivity index (χ2n) is 3.79. The van der Waals surface area contributed by atoms with Gasteiger partial charge in [0.15, 0.2) is 0 Å². The van der Waals surface area contributed by atoms with Gasteiger partial charge in [-0.1, -0.05) is 0 Å². The number of nitro groups is 1. The predicted molar refractivity (Wildman–Crippen MR) is 54.4 cm³/mol. The van der Waals surface area contributed by atoms with Crippen molar-refractivity contribution in [3.8, 4) is 0 Å². The highest BCUT2D eigenvalue weighted by Crippen LogP contribution is 2.32. The van der Waals surface area contributed by atoms with E-state index in [0.29, 0.717) is 17.3 Å². The van der Waals surface area contributed by atoms with Gasteiger partial charge in [0.25, 0.3) is 5.69 Å². The number of rotatable bonds is 3. The summed E-state index contributed by atoms with van der Waals surface area (Å²) in [6, 6.07) is 2.78. The van der Waals surface area contributed by atoms with Crippen molar-refractivity contribution in [2.75, 3.05) is 5.32 Å². The number of hydrogen-bond acceptors (Lipinski definition) is 3. The monoisotopic (exact) mass is 210 g/mol. The Kier molecular flexibility index (Phi) is 2.30. The third kappa shape index (κ3) is 2.06. The van der Waals surface area contributed by atoms with Crippen LogP contribution in [0.5, 0.6) is 0 Å². The standard InChI is InChI=1S/C10H11FN2O2/c1-6-4-9(12-7-2-3-7)10(13(14)15)5-8(6)11/h4-5,7,12H,2-3H2,1H3. The van der Waals surface area contributed by atoms with Crippen LogP contribution in [0.15, 0.2) is 12.1 Å². The van der Waals surface area contributed by atoms with Crippen molar-refractivity contribution >= 4 is 11.4 Å². The molecule has 0 radical (unpaired) electrons. The van der Waals surface area contributed by atoms with Gasteiger partial charge in [-0.2, -0.15) is 0 Å². The number of benzene rings is 1. The van der Waals surface area contributed by atoms with Crippen LogP contribution in [-0.4, -0.2) is 11.0 Å². The Morgan fingerprint density at radius 2 is 2.20 bits per heavy atom. The molecule has 5 heteroatoms. The number of nitro benzene ring substituents is 1. The van der Waals surface area contributed by atoms with E-state index in [4.69, 9.17) is 0 Å². The maximum Gasteiger partial charge on any atom is 0.295 e. The van der Waals surface area contributed by atoms with Gasteiger partial charge in [-0.25, -0.2) is 4.39 Å². The molecule has 0 heterocycles. The average Bonchev–Trinajstić information content (AvgIpc) is 2.94. The van der Waals surface area contributed by atoms with Gasteiger partial charge in [0.2, 0.25) is 0 Å². The molecule has 1 aromatic rings. The first-order valence-corrected chi connectivity index (χ1v) is 4.79. The first kappa shape index (κ1) is 9.89. The predicted octanol–water partition coefficient (Wildman–Crippen LogP) is 2.62. The molecule has 0 unspecified atom stereocenters. The molecule has 0 aromatic heterocycles. The summed E-state index contributed by atoms with van der Waals surface area (Å²) in [5.74, 6) is -0.539. The van der Waals surface area contributed by atoms with E-state index in [1.54, 1.807) is 6.92 Å². The lowest BCUT2D eigenvalue weighted by molar-refractivity contribution is -0.384. The summed E-state index contributed by atoms with van der Waals surface area (Å²) in [5.41, 5.74) is 0.648. The molecule has 2 rings (SSSR count). The fourth-order valence-electron chi connectivity index (χ4n) is 1.39. The summed E-state index contributed by atoms with van der Waals surface area (Å²) in [6.45, 7) is 1.59. The minimum atomic E-state index is -0.562. The summed E-state index contributed by atoms with van der Waals surface area (Å²) >= 11 is 0. The van der Waals surface area contributed by atoms with E-state index in [1.807, 2.05) is 0 Å². The molecular formula is C10H11FN2O2. The zero-order chi connectivity index (χ0) is 11.0. The molecule has 1 aliphatic rings. The van der Waals surface area contributed by atoms with Crippen LogP contribution in [0.2, 0.25) is 0 Å². The zero-order valence-electron chi connectivity index (χ0n) is 8.29. The van der Waals surface area contributed by atoms with Crippen LogP contribution >= 0.6 is 0 Å². The highest BCUT2D eigenvalue weighted by atomic mass is 19.1. The molecule has 1 saturated carbocycles. The van der Waals surface area contributed by atoms with Gasteiger partial charge in [-0.15, -0.1) is 0 Å².